The highest BCUT2D eigenvalue weighted by atomic mass is 31.2. The molecule has 106 valence electrons. The Kier molecular flexibility index (Phi) is 5.72. The van der Waals surface area contributed by atoms with E-state index in [0.29, 0.717) is 5.75 Å². The monoisotopic (exact) mass is 288 g/mol. The molecule has 2 N–H and O–H groups in total. The minimum Gasteiger partial charge on any atom is -0.494 e. The Hall–Kier alpha value is -1.66. The smallest absolute Gasteiger partial charge is 0.328 e. The van der Waals surface area contributed by atoms with Crippen molar-refractivity contribution in [3.8, 4) is 5.75 Å². The number of carbonyl (C=O) groups excluding carboxylic acids is 1. The third-order valence-corrected chi connectivity index (χ3v) is 4.17. The van der Waals surface area contributed by atoms with Crippen molar-refractivity contribution in [2.75, 3.05) is 25.2 Å². The number of nitrogens with zero attached hydrogens (tertiary/aromatic N) is 2. The normalized spacial score (nSPS) is 13.4. The summed E-state index contributed by atoms with van der Waals surface area (Å²) < 4.78 is 22.0. The van der Waals surface area contributed by atoms with Crippen LogP contribution < -0.4 is 15.1 Å². The van der Waals surface area contributed by atoms with Crippen molar-refractivity contribution in [3.63, 3.8) is 0 Å². The summed E-state index contributed by atoms with van der Waals surface area (Å²) in [5, 5.41) is 4.65. The second-order valence-corrected chi connectivity index (χ2v) is 5.88. The fourth-order valence-corrected chi connectivity index (χ4v) is 2.37. The highest BCUT2D eigenvalue weighted by molar-refractivity contribution is 7.57. The molecule has 1 aromatic rings. The summed E-state index contributed by atoms with van der Waals surface area (Å²) >= 11 is 0. The number of rotatable bonds is 6. The van der Waals surface area contributed by atoms with Crippen LogP contribution in [0.2, 0.25) is 0 Å². The van der Waals surface area contributed by atoms with Gasteiger partial charge in [0, 0.05) is 6.16 Å². The van der Waals surface area contributed by atoms with Gasteiger partial charge in [0.1, 0.15) is 0 Å². The lowest BCUT2D eigenvalue weighted by Gasteiger charge is -2.16. The van der Waals surface area contributed by atoms with E-state index in [4.69, 9.17) is 9.26 Å². The molecular formula is C10H17N4O4P. The van der Waals surface area contributed by atoms with Gasteiger partial charge in [-0.05, 0) is 6.92 Å². The van der Waals surface area contributed by atoms with Gasteiger partial charge in [0.2, 0.25) is 5.95 Å². The first-order valence-electron chi connectivity index (χ1n) is 5.72. The van der Waals surface area contributed by atoms with Crippen molar-refractivity contribution in [1.82, 2.24) is 15.1 Å². The molecule has 1 unspecified atom stereocenters. The molecule has 1 atom stereocenters. The first kappa shape index (κ1) is 15.4. The Morgan fingerprint density at radius 2 is 2.00 bits per heavy atom. The predicted molar refractivity (Wildman–Crippen MR) is 70.5 cm³/mol. The first-order valence-corrected chi connectivity index (χ1v) is 7.53. The van der Waals surface area contributed by atoms with E-state index in [1.165, 1.54) is 19.5 Å². The molecule has 19 heavy (non-hydrogen) atoms. The number of methoxy groups -OCH3 is 1. The topological polar surface area (TPSA) is 102 Å². The maximum Gasteiger partial charge on any atom is 0.328 e. The first-order chi connectivity index (χ1) is 9.03. The van der Waals surface area contributed by atoms with Crippen molar-refractivity contribution in [1.29, 1.82) is 0 Å². The van der Waals surface area contributed by atoms with Crippen LogP contribution in [0.4, 0.5) is 10.7 Å². The van der Waals surface area contributed by atoms with Gasteiger partial charge in [-0.1, -0.05) is 6.92 Å². The molecule has 0 saturated heterocycles. The fourth-order valence-electron chi connectivity index (χ4n) is 1.18. The molecular weight excluding hydrogens is 271 g/mol. The Balaban J connectivity index is 2.61. The third kappa shape index (κ3) is 4.84. The Labute approximate surface area is 111 Å². The van der Waals surface area contributed by atoms with Gasteiger partial charge < -0.3 is 9.26 Å². The van der Waals surface area contributed by atoms with Crippen LogP contribution in [-0.2, 0) is 9.09 Å². The third-order valence-electron chi connectivity index (χ3n) is 2.12. The number of anilines is 1. The van der Waals surface area contributed by atoms with Crippen molar-refractivity contribution in [2.45, 2.75) is 13.8 Å². The highest BCUT2D eigenvalue weighted by Gasteiger charge is 2.23. The van der Waals surface area contributed by atoms with Crippen molar-refractivity contribution in [3.05, 3.63) is 12.4 Å². The molecule has 0 bridgehead atoms. The van der Waals surface area contributed by atoms with Gasteiger partial charge in [0.25, 0.3) is 7.52 Å². The minimum atomic E-state index is -3.15. The maximum absolute atomic E-state index is 12.0. The standard InChI is InChI=1S/C10H17N4O4P/c1-4-18-19(16,5-2)14-10(15)13-9-11-6-8(17-3)7-12-9/h6-7H,4-5H2,1-3H3,(H2,11,12,13,14,15,16). The van der Waals surface area contributed by atoms with Gasteiger partial charge in [-0.25, -0.2) is 14.8 Å². The van der Waals surface area contributed by atoms with Gasteiger partial charge in [0.15, 0.2) is 5.75 Å². The van der Waals surface area contributed by atoms with E-state index in [-0.39, 0.29) is 18.7 Å². The van der Waals surface area contributed by atoms with Crippen LogP contribution in [0.15, 0.2) is 12.4 Å². The van der Waals surface area contributed by atoms with Crippen LogP contribution in [0.25, 0.3) is 0 Å². The SMILES string of the molecule is CCOP(=O)(CC)NC(=O)Nc1ncc(OC)cn1. The maximum atomic E-state index is 12.0. The van der Waals surface area contributed by atoms with E-state index in [0.717, 1.165) is 0 Å². The zero-order valence-corrected chi connectivity index (χ0v) is 11.9. The number of ether oxygens (including phenoxy) is 1. The number of nitrogens with one attached hydrogen (secondary N) is 2. The van der Waals surface area contributed by atoms with E-state index < -0.39 is 13.6 Å². The molecule has 8 nitrogen and oxygen atoms in total. The zero-order valence-electron chi connectivity index (χ0n) is 11.0. The molecule has 0 fully saturated rings. The van der Waals surface area contributed by atoms with Crippen LogP contribution in [0, 0.1) is 0 Å². The molecule has 0 saturated carbocycles. The Bertz CT molecular complexity index is 465. The molecule has 0 aliphatic heterocycles. The molecule has 1 rings (SSSR count). The van der Waals surface area contributed by atoms with Gasteiger partial charge in [-0.3, -0.25) is 15.0 Å². The summed E-state index contributed by atoms with van der Waals surface area (Å²) in [5.41, 5.74) is 0. The van der Waals surface area contributed by atoms with E-state index in [1.54, 1.807) is 13.8 Å². The average Bonchev–Trinajstić information content (AvgIpc) is 2.39. The molecule has 1 aromatic heterocycles. The van der Waals surface area contributed by atoms with Gasteiger partial charge >= 0.3 is 6.03 Å². The lowest BCUT2D eigenvalue weighted by molar-refractivity contribution is 0.253. The summed E-state index contributed by atoms with van der Waals surface area (Å²) in [5.74, 6) is 0.553. The largest absolute Gasteiger partial charge is 0.494 e. The Morgan fingerprint density at radius 1 is 1.37 bits per heavy atom. The second-order valence-electron chi connectivity index (χ2n) is 3.42. The van der Waals surface area contributed by atoms with E-state index in [9.17, 15) is 9.36 Å². The molecule has 9 heteroatoms. The average molecular weight is 288 g/mol. The number of hydrogen-bond donors (Lipinski definition) is 2. The molecule has 0 aliphatic rings. The fraction of sp³-hybridized carbons (Fsp3) is 0.500. The van der Waals surface area contributed by atoms with Crippen LogP contribution in [0.3, 0.4) is 0 Å². The van der Waals surface area contributed by atoms with Crippen LogP contribution >= 0.6 is 7.52 Å². The molecule has 1 heterocycles. The highest BCUT2D eigenvalue weighted by Crippen LogP contribution is 2.41. The van der Waals surface area contributed by atoms with Crippen molar-refractivity contribution >= 4 is 19.5 Å². The summed E-state index contributed by atoms with van der Waals surface area (Å²) in [4.78, 5) is 19.3. The summed E-state index contributed by atoms with van der Waals surface area (Å²) in [6, 6.07) is -0.677. The lowest BCUT2D eigenvalue weighted by Crippen LogP contribution is -2.28. The molecule has 0 aromatic carbocycles. The minimum absolute atomic E-state index is 0.0810. The number of urea groups is 1. The lowest BCUT2D eigenvalue weighted by atomic mass is 10.6. The van der Waals surface area contributed by atoms with E-state index >= 15 is 0 Å². The number of aromatic nitrogens is 2. The zero-order chi connectivity index (χ0) is 14.3. The van der Waals surface area contributed by atoms with Crippen LogP contribution in [0.5, 0.6) is 5.75 Å². The molecule has 0 radical (unpaired) electrons. The van der Waals surface area contributed by atoms with E-state index in [1.807, 2.05) is 0 Å². The van der Waals surface area contributed by atoms with E-state index in [2.05, 4.69) is 20.4 Å². The molecule has 0 aliphatic carbocycles. The van der Waals surface area contributed by atoms with Crippen LogP contribution in [-0.4, -0.2) is 35.9 Å². The molecule has 0 spiro atoms. The predicted octanol–water partition coefficient (Wildman–Crippen LogP) is 1.86. The quantitative estimate of drug-likeness (QED) is 0.774. The van der Waals surface area contributed by atoms with Crippen molar-refractivity contribution in [2.24, 2.45) is 0 Å². The summed E-state index contributed by atoms with van der Waals surface area (Å²) in [7, 11) is -1.67. The number of amides is 2. The van der Waals surface area contributed by atoms with Gasteiger partial charge in [-0.15, -0.1) is 0 Å². The second kappa shape index (κ2) is 7.06. The molecule has 2 amide bonds. The summed E-state index contributed by atoms with van der Waals surface area (Å²) in [6.07, 6.45) is 3.02. The van der Waals surface area contributed by atoms with Gasteiger partial charge in [-0.2, -0.15) is 0 Å². The summed E-state index contributed by atoms with van der Waals surface area (Å²) in [6.45, 7) is 3.62. The van der Waals surface area contributed by atoms with Crippen LogP contribution in [0.1, 0.15) is 13.8 Å². The van der Waals surface area contributed by atoms with Gasteiger partial charge in [0.05, 0.1) is 26.1 Å². The number of hydrogen-bond acceptors (Lipinski definition) is 6. The Morgan fingerprint density at radius 3 is 2.47 bits per heavy atom. The van der Waals surface area contributed by atoms with Crippen molar-refractivity contribution < 1.29 is 18.6 Å². The number of carbonyl (C=O) groups is 1.